The van der Waals surface area contributed by atoms with Crippen molar-refractivity contribution in [2.75, 3.05) is 24.5 Å². The van der Waals surface area contributed by atoms with Crippen LogP contribution in [0, 0.1) is 5.92 Å². The number of rotatable bonds is 4. The summed E-state index contributed by atoms with van der Waals surface area (Å²) in [6, 6.07) is 0. The van der Waals surface area contributed by atoms with Crippen molar-refractivity contribution >= 4 is 11.6 Å². The van der Waals surface area contributed by atoms with E-state index in [0.29, 0.717) is 5.92 Å². The summed E-state index contributed by atoms with van der Waals surface area (Å²) < 4.78 is 0. The van der Waals surface area contributed by atoms with Gasteiger partial charge in [-0.3, -0.25) is 9.97 Å². The zero-order valence-electron chi connectivity index (χ0n) is 10.6. The second kappa shape index (κ2) is 5.71. The predicted octanol–water partition coefficient (Wildman–Crippen LogP) is 1.01. The van der Waals surface area contributed by atoms with Gasteiger partial charge in [0.05, 0.1) is 12.4 Å². The first-order valence-electron chi connectivity index (χ1n) is 6.44. The van der Waals surface area contributed by atoms with Crippen LogP contribution in [0.4, 0.5) is 11.6 Å². The fourth-order valence-electron chi connectivity index (χ4n) is 2.29. The highest BCUT2D eigenvalue weighted by Gasteiger charge is 2.21. The molecule has 0 aromatic carbocycles. The molecule has 0 spiro atoms. The van der Waals surface area contributed by atoms with Crippen LogP contribution in [0.15, 0.2) is 37.2 Å². The molecule has 0 bridgehead atoms. The average Bonchev–Trinajstić information content (AvgIpc) is 3.00. The summed E-state index contributed by atoms with van der Waals surface area (Å²) >= 11 is 0. The first-order valence-corrected chi connectivity index (χ1v) is 6.44. The van der Waals surface area contributed by atoms with E-state index in [4.69, 9.17) is 0 Å². The Balaban J connectivity index is 1.87. The highest BCUT2D eigenvalue weighted by atomic mass is 15.2. The number of hydrogen-bond acceptors (Lipinski definition) is 6. The van der Waals surface area contributed by atoms with E-state index in [1.54, 1.807) is 37.2 Å². The van der Waals surface area contributed by atoms with Crippen LogP contribution in [0.3, 0.4) is 0 Å². The third-order valence-electron chi connectivity index (χ3n) is 3.26. The highest BCUT2D eigenvalue weighted by Crippen LogP contribution is 2.22. The molecule has 0 amide bonds. The van der Waals surface area contributed by atoms with Crippen LogP contribution in [-0.4, -0.2) is 39.6 Å². The van der Waals surface area contributed by atoms with Crippen molar-refractivity contribution in [3.8, 4) is 0 Å². The normalized spacial score (nSPS) is 18.4. The minimum absolute atomic E-state index is 0.601. The van der Waals surface area contributed by atoms with Crippen LogP contribution in [0.5, 0.6) is 0 Å². The van der Waals surface area contributed by atoms with Crippen LogP contribution in [0.1, 0.15) is 6.42 Å². The molecule has 1 atom stereocenters. The summed E-state index contributed by atoms with van der Waals surface area (Å²) in [7, 11) is 0. The van der Waals surface area contributed by atoms with E-state index in [-0.39, 0.29) is 0 Å². The van der Waals surface area contributed by atoms with E-state index in [1.165, 1.54) is 6.42 Å². The molecule has 19 heavy (non-hydrogen) atoms. The number of aromatic nitrogens is 4. The lowest BCUT2D eigenvalue weighted by atomic mass is 10.1. The Morgan fingerprint density at radius 1 is 1.05 bits per heavy atom. The van der Waals surface area contributed by atoms with Crippen molar-refractivity contribution in [2.45, 2.75) is 6.42 Å². The Labute approximate surface area is 111 Å². The maximum Gasteiger partial charge on any atom is 0.152 e. The fraction of sp³-hybridized carbons (Fsp3) is 0.385. The molecule has 1 unspecified atom stereocenters. The molecule has 3 heterocycles. The molecule has 3 rings (SSSR count). The van der Waals surface area contributed by atoms with E-state index in [9.17, 15) is 0 Å². The minimum Gasteiger partial charge on any atom is -0.316 e. The zero-order valence-corrected chi connectivity index (χ0v) is 10.6. The van der Waals surface area contributed by atoms with Gasteiger partial charge in [-0.1, -0.05) is 0 Å². The molecule has 6 heteroatoms. The minimum atomic E-state index is 0.601. The summed E-state index contributed by atoms with van der Waals surface area (Å²) in [5.74, 6) is 2.23. The topological polar surface area (TPSA) is 66.8 Å². The standard InChI is InChI=1S/C13H16N6/c1-2-14-7-11(1)10-19(12-8-15-3-5-17-12)13-9-16-4-6-18-13/h3-6,8-9,11,14H,1-2,7,10H2. The lowest BCUT2D eigenvalue weighted by Gasteiger charge is -2.24. The van der Waals surface area contributed by atoms with Gasteiger partial charge in [0.1, 0.15) is 0 Å². The molecule has 0 saturated carbocycles. The lowest BCUT2D eigenvalue weighted by Crippen LogP contribution is -2.28. The molecule has 1 aliphatic heterocycles. The number of anilines is 2. The quantitative estimate of drug-likeness (QED) is 0.880. The second-order valence-electron chi connectivity index (χ2n) is 4.60. The van der Waals surface area contributed by atoms with Crippen molar-refractivity contribution in [2.24, 2.45) is 5.92 Å². The Hall–Kier alpha value is -2.08. The van der Waals surface area contributed by atoms with Gasteiger partial charge in [-0.15, -0.1) is 0 Å². The smallest absolute Gasteiger partial charge is 0.152 e. The molecular formula is C13H16N6. The predicted molar refractivity (Wildman–Crippen MR) is 72.0 cm³/mol. The first-order chi connectivity index (χ1) is 9.43. The molecule has 6 nitrogen and oxygen atoms in total. The zero-order chi connectivity index (χ0) is 12.9. The maximum absolute atomic E-state index is 4.37. The summed E-state index contributed by atoms with van der Waals surface area (Å²) in [6.45, 7) is 3.00. The van der Waals surface area contributed by atoms with E-state index >= 15 is 0 Å². The van der Waals surface area contributed by atoms with Gasteiger partial charge in [-0.2, -0.15) is 0 Å². The largest absolute Gasteiger partial charge is 0.316 e. The number of hydrogen-bond donors (Lipinski definition) is 1. The van der Waals surface area contributed by atoms with Crippen LogP contribution < -0.4 is 10.2 Å². The average molecular weight is 256 g/mol. The van der Waals surface area contributed by atoms with Crippen LogP contribution in [0.25, 0.3) is 0 Å². The Morgan fingerprint density at radius 2 is 1.74 bits per heavy atom. The third kappa shape index (κ3) is 2.85. The Kier molecular flexibility index (Phi) is 3.60. The lowest BCUT2D eigenvalue weighted by molar-refractivity contribution is 0.583. The third-order valence-corrected chi connectivity index (χ3v) is 3.26. The number of nitrogens with one attached hydrogen (secondary N) is 1. The SMILES string of the molecule is c1cnc(N(CC2CCNC2)c2cnccn2)cn1. The van der Waals surface area contributed by atoms with Crippen molar-refractivity contribution in [3.63, 3.8) is 0 Å². The monoisotopic (exact) mass is 256 g/mol. The van der Waals surface area contributed by atoms with Gasteiger partial charge in [0.15, 0.2) is 11.6 Å². The van der Waals surface area contributed by atoms with E-state index in [2.05, 4.69) is 30.2 Å². The van der Waals surface area contributed by atoms with Crippen molar-refractivity contribution in [1.82, 2.24) is 25.3 Å². The molecule has 2 aromatic heterocycles. The van der Waals surface area contributed by atoms with Crippen molar-refractivity contribution in [3.05, 3.63) is 37.2 Å². The molecule has 0 radical (unpaired) electrons. The molecule has 1 fully saturated rings. The molecule has 98 valence electrons. The summed E-state index contributed by atoms with van der Waals surface area (Å²) in [4.78, 5) is 19.1. The van der Waals surface area contributed by atoms with E-state index < -0.39 is 0 Å². The summed E-state index contributed by atoms with van der Waals surface area (Å²) in [5.41, 5.74) is 0. The Bertz CT molecular complexity index is 458. The van der Waals surface area contributed by atoms with Crippen LogP contribution >= 0.6 is 0 Å². The van der Waals surface area contributed by atoms with Gasteiger partial charge >= 0.3 is 0 Å². The molecule has 2 aromatic rings. The summed E-state index contributed by atoms with van der Waals surface area (Å²) in [6.07, 6.45) is 11.5. The van der Waals surface area contributed by atoms with Gasteiger partial charge < -0.3 is 10.2 Å². The molecular weight excluding hydrogens is 240 g/mol. The van der Waals surface area contributed by atoms with Crippen molar-refractivity contribution in [1.29, 1.82) is 0 Å². The van der Waals surface area contributed by atoms with E-state index in [1.807, 2.05) is 0 Å². The van der Waals surface area contributed by atoms with Gasteiger partial charge in [0.25, 0.3) is 0 Å². The molecule has 1 saturated heterocycles. The fourth-order valence-corrected chi connectivity index (χ4v) is 2.29. The summed E-state index contributed by atoms with van der Waals surface area (Å²) in [5, 5.41) is 3.38. The molecule has 1 N–H and O–H groups in total. The maximum atomic E-state index is 4.37. The van der Waals surface area contributed by atoms with Gasteiger partial charge in [0, 0.05) is 31.3 Å². The number of nitrogens with zero attached hydrogens (tertiary/aromatic N) is 5. The highest BCUT2D eigenvalue weighted by molar-refractivity contribution is 5.53. The molecule has 0 aliphatic carbocycles. The Morgan fingerprint density at radius 3 is 2.21 bits per heavy atom. The first kappa shape index (κ1) is 12.0. The van der Waals surface area contributed by atoms with Crippen molar-refractivity contribution < 1.29 is 0 Å². The molecule has 1 aliphatic rings. The second-order valence-corrected chi connectivity index (χ2v) is 4.60. The van der Waals surface area contributed by atoms with Crippen LogP contribution in [0.2, 0.25) is 0 Å². The van der Waals surface area contributed by atoms with Crippen LogP contribution in [-0.2, 0) is 0 Å². The van der Waals surface area contributed by atoms with Gasteiger partial charge in [-0.25, -0.2) is 9.97 Å². The van der Waals surface area contributed by atoms with Gasteiger partial charge in [-0.05, 0) is 25.4 Å². The van der Waals surface area contributed by atoms with E-state index in [0.717, 1.165) is 31.3 Å². The van der Waals surface area contributed by atoms with Gasteiger partial charge in [0.2, 0.25) is 0 Å².